The Kier molecular flexibility index (Phi) is 3.48. The van der Waals surface area contributed by atoms with Gasteiger partial charge >= 0.3 is 0 Å². The van der Waals surface area contributed by atoms with Crippen molar-refractivity contribution in [2.45, 2.75) is 6.61 Å². The molecule has 0 aliphatic heterocycles. The Morgan fingerprint density at radius 1 is 1.57 bits per heavy atom. The van der Waals surface area contributed by atoms with E-state index in [1.54, 1.807) is 25.2 Å². The van der Waals surface area contributed by atoms with Gasteiger partial charge in [-0.2, -0.15) is 0 Å². The molecule has 0 radical (unpaired) electrons. The molecule has 0 atom stereocenters. The van der Waals surface area contributed by atoms with Gasteiger partial charge in [0.25, 0.3) is 5.91 Å². The molecule has 2 N–H and O–H groups in total. The van der Waals surface area contributed by atoms with Crippen LogP contribution in [0.15, 0.2) is 18.2 Å². The Morgan fingerprint density at radius 3 is 2.79 bits per heavy atom. The molecule has 1 rings (SSSR count). The van der Waals surface area contributed by atoms with E-state index in [4.69, 9.17) is 9.84 Å². The van der Waals surface area contributed by atoms with E-state index < -0.39 is 0 Å². The molecule has 0 saturated heterocycles. The zero-order valence-electron chi connectivity index (χ0n) is 8.20. The fourth-order valence-corrected chi connectivity index (χ4v) is 1.16. The monoisotopic (exact) mass is 195 g/mol. The number of nitrogens with one attached hydrogen (secondary N) is 1. The summed E-state index contributed by atoms with van der Waals surface area (Å²) in [5, 5.41) is 11.5. The van der Waals surface area contributed by atoms with E-state index in [0.717, 1.165) is 0 Å². The minimum Gasteiger partial charge on any atom is -0.496 e. The molecule has 0 unspecified atom stereocenters. The summed E-state index contributed by atoms with van der Waals surface area (Å²) in [6, 6.07) is 4.92. The number of amides is 1. The van der Waals surface area contributed by atoms with E-state index >= 15 is 0 Å². The van der Waals surface area contributed by atoms with Gasteiger partial charge in [0.05, 0.1) is 13.7 Å². The number of carbonyl (C=O) groups is 1. The Hall–Kier alpha value is -1.55. The maximum absolute atomic E-state index is 11.3. The van der Waals surface area contributed by atoms with Gasteiger partial charge in [0.2, 0.25) is 0 Å². The minimum absolute atomic E-state index is 0.100. The molecule has 0 fully saturated rings. The number of methoxy groups -OCH3 is 1. The minimum atomic E-state index is -0.173. The molecule has 1 aromatic carbocycles. The summed E-state index contributed by atoms with van der Waals surface area (Å²) in [4.78, 5) is 11.3. The summed E-state index contributed by atoms with van der Waals surface area (Å²) in [5.74, 6) is 0.349. The fourth-order valence-electron chi connectivity index (χ4n) is 1.16. The van der Waals surface area contributed by atoms with Crippen LogP contribution in [0.4, 0.5) is 0 Å². The zero-order chi connectivity index (χ0) is 10.6. The van der Waals surface area contributed by atoms with Gasteiger partial charge in [-0.15, -0.1) is 0 Å². The van der Waals surface area contributed by atoms with E-state index in [1.165, 1.54) is 7.11 Å². The largest absolute Gasteiger partial charge is 0.496 e. The lowest BCUT2D eigenvalue weighted by atomic mass is 10.1. The highest BCUT2D eigenvalue weighted by Crippen LogP contribution is 2.19. The van der Waals surface area contributed by atoms with Crippen molar-refractivity contribution < 1.29 is 14.6 Å². The first-order valence-corrected chi connectivity index (χ1v) is 4.22. The van der Waals surface area contributed by atoms with Crippen molar-refractivity contribution in [1.29, 1.82) is 0 Å². The van der Waals surface area contributed by atoms with E-state index in [2.05, 4.69) is 5.32 Å². The molecular formula is C10H13NO3. The van der Waals surface area contributed by atoms with Crippen LogP contribution < -0.4 is 10.1 Å². The quantitative estimate of drug-likeness (QED) is 0.740. The van der Waals surface area contributed by atoms with Crippen LogP contribution in [0.3, 0.4) is 0 Å². The SMILES string of the molecule is CNC(=O)c1ccc(CO)c(OC)c1. The molecule has 0 heterocycles. The third-order valence-corrected chi connectivity index (χ3v) is 1.95. The summed E-state index contributed by atoms with van der Waals surface area (Å²) in [6.07, 6.45) is 0. The van der Waals surface area contributed by atoms with E-state index in [-0.39, 0.29) is 12.5 Å². The molecule has 0 bridgehead atoms. The van der Waals surface area contributed by atoms with Gasteiger partial charge in [-0.25, -0.2) is 0 Å². The van der Waals surface area contributed by atoms with Gasteiger partial charge < -0.3 is 15.2 Å². The number of aliphatic hydroxyl groups is 1. The number of aliphatic hydroxyl groups excluding tert-OH is 1. The number of carbonyl (C=O) groups excluding carboxylic acids is 1. The molecule has 4 heteroatoms. The topological polar surface area (TPSA) is 58.6 Å². The smallest absolute Gasteiger partial charge is 0.251 e. The average molecular weight is 195 g/mol. The molecular weight excluding hydrogens is 182 g/mol. The van der Waals surface area contributed by atoms with Gasteiger partial charge in [-0.05, 0) is 12.1 Å². The van der Waals surface area contributed by atoms with Crippen molar-refractivity contribution in [1.82, 2.24) is 5.32 Å². The summed E-state index contributed by atoms with van der Waals surface area (Å²) in [7, 11) is 3.07. The maximum Gasteiger partial charge on any atom is 0.251 e. The predicted molar refractivity (Wildman–Crippen MR) is 52.3 cm³/mol. The molecule has 0 aliphatic carbocycles. The standard InChI is InChI=1S/C10H13NO3/c1-11-10(13)7-3-4-8(6-12)9(5-7)14-2/h3-5,12H,6H2,1-2H3,(H,11,13). The average Bonchev–Trinajstić information content (AvgIpc) is 2.26. The van der Waals surface area contributed by atoms with Crippen LogP contribution >= 0.6 is 0 Å². The number of hydrogen-bond donors (Lipinski definition) is 2. The van der Waals surface area contributed by atoms with Crippen LogP contribution in [0.1, 0.15) is 15.9 Å². The molecule has 0 spiro atoms. The van der Waals surface area contributed by atoms with Crippen LogP contribution in [0, 0.1) is 0 Å². The van der Waals surface area contributed by atoms with Gasteiger partial charge in [0, 0.05) is 18.2 Å². The number of ether oxygens (including phenoxy) is 1. The van der Waals surface area contributed by atoms with Crippen molar-refractivity contribution in [3.05, 3.63) is 29.3 Å². The van der Waals surface area contributed by atoms with Gasteiger partial charge in [-0.3, -0.25) is 4.79 Å². The summed E-state index contributed by atoms with van der Waals surface area (Å²) < 4.78 is 5.03. The lowest BCUT2D eigenvalue weighted by Crippen LogP contribution is -2.17. The van der Waals surface area contributed by atoms with E-state index in [9.17, 15) is 4.79 Å². The van der Waals surface area contributed by atoms with Crippen molar-refractivity contribution in [2.75, 3.05) is 14.2 Å². The summed E-state index contributed by atoms with van der Waals surface area (Å²) in [6.45, 7) is -0.100. The Bertz CT molecular complexity index is 336. The highest BCUT2D eigenvalue weighted by Gasteiger charge is 2.07. The molecule has 4 nitrogen and oxygen atoms in total. The summed E-state index contributed by atoms with van der Waals surface area (Å²) >= 11 is 0. The first-order chi connectivity index (χ1) is 6.72. The number of benzene rings is 1. The lowest BCUT2D eigenvalue weighted by Gasteiger charge is -2.07. The Morgan fingerprint density at radius 2 is 2.29 bits per heavy atom. The molecule has 1 amide bonds. The Balaban J connectivity index is 3.07. The van der Waals surface area contributed by atoms with Crippen molar-refractivity contribution >= 4 is 5.91 Å². The first-order valence-electron chi connectivity index (χ1n) is 4.22. The molecule has 14 heavy (non-hydrogen) atoms. The number of hydrogen-bond acceptors (Lipinski definition) is 3. The third-order valence-electron chi connectivity index (χ3n) is 1.95. The van der Waals surface area contributed by atoms with Crippen LogP contribution in [0.25, 0.3) is 0 Å². The van der Waals surface area contributed by atoms with Crippen molar-refractivity contribution in [3.8, 4) is 5.75 Å². The van der Waals surface area contributed by atoms with Crippen LogP contribution in [-0.4, -0.2) is 25.2 Å². The third kappa shape index (κ3) is 2.03. The van der Waals surface area contributed by atoms with Gasteiger partial charge in [-0.1, -0.05) is 6.07 Å². The van der Waals surface area contributed by atoms with Gasteiger partial charge in [0.15, 0.2) is 0 Å². The lowest BCUT2D eigenvalue weighted by molar-refractivity contribution is 0.0962. The van der Waals surface area contributed by atoms with Crippen LogP contribution in [0.5, 0.6) is 5.75 Å². The second-order valence-corrected chi connectivity index (χ2v) is 2.76. The van der Waals surface area contributed by atoms with E-state index in [0.29, 0.717) is 16.9 Å². The maximum atomic E-state index is 11.3. The molecule has 0 saturated carbocycles. The fraction of sp³-hybridized carbons (Fsp3) is 0.300. The van der Waals surface area contributed by atoms with E-state index in [1.807, 2.05) is 0 Å². The normalized spacial score (nSPS) is 9.64. The van der Waals surface area contributed by atoms with Crippen molar-refractivity contribution in [2.24, 2.45) is 0 Å². The zero-order valence-corrected chi connectivity index (χ0v) is 8.20. The highest BCUT2D eigenvalue weighted by atomic mass is 16.5. The predicted octanol–water partition coefficient (Wildman–Crippen LogP) is 0.547. The highest BCUT2D eigenvalue weighted by molar-refractivity contribution is 5.94. The first kappa shape index (κ1) is 10.5. The molecule has 0 aliphatic rings. The molecule has 0 aromatic heterocycles. The van der Waals surface area contributed by atoms with Crippen LogP contribution in [-0.2, 0) is 6.61 Å². The molecule has 1 aromatic rings. The summed E-state index contributed by atoms with van der Waals surface area (Å²) in [5.41, 5.74) is 1.18. The number of rotatable bonds is 3. The van der Waals surface area contributed by atoms with Crippen molar-refractivity contribution in [3.63, 3.8) is 0 Å². The second kappa shape index (κ2) is 4.62. The second-order valence-electron chi connectivity index (χ2n) is 2.76. The van der Waals surface area contributed by atoms with Crippen LogP contribution in [0.2, 0.25) is 0 Å². The van der Waals surface area contributed by atoms with Gasteiger partial charge in [0.1, 0.15) is 5.75 Å². The molecule has 76 valence electrons. The Labute approximate surface area is 82.5 Å².